The topological polar surface area (TPSA) is 152 Å². The van der Waals surface area contributed by atoms with Crippen LogP contribution in [0.15, 0.2) is 24.3 Å². The molecule has 0 spiro atoms. The Morgan fingerprint density at radius 3 is 1.71 bits per heavy atom. The lowest BCUT2D eigenvalue weighted by Gasteiger charge is -2.37. The maximum atomic E-state index is 6.25. The second-order valence-corrected chi connectivity index (χ2v) is 9.09. The van der Waals surface area contributed by atoms with Crippen LogP contribution < -0.4 is 37.6 Å². The van der Waals surface area contributed by atoms with Crippen molar-refractivity contribution in [2.24, 2.45) is 22.9 Å². The predicted molar refractivity (Wildman–Crippen MR) is 123 cm³/mol. The standard InChI is InChI=1S/C21H32N10/c22-14-7-15(23)10-29(9-14)19-26-20(30-11-16(24)8-17(25)12-30)28-21(27-19)31-6-5-13-3-1-2-4-18(13)31/h1-4,14-17H,5-12,22-25H2/t14-,15+,16-,17+. The van der Waals surface area contributed by atoms with Gasteiger partial charge in [-0.25, -0.2) is 0 Å². The van der Waals surface area contributed by atoms with Gasteiger partial charge in [0.25, 0.3) is 0 Å². The highest BCUT2D eigenvalue weighted by molar-refractivity contribution is 5.67. The number of para-hydroxylation sites is 1. The van der Waals surface area contributed by atoms with Crippen LogP contribution in [0.25, 0.3) is 0 Å². The monoisotopic (exact) mass is 424 g/mol. The fourth-order valence-electron chi connectivity index (χ4n) is 4.98. The zero-order valence-electron chi connectivity index (χ0n) is 17.8. The van der Waals surface area contributed by atoms with E-state index < -0.39 is 0 Å². The molecule has 4 heterocycles. The van der Waals surface area contributed by atoms with Gasteiger partial charge in [-0.2, -0.15) is 15.0 Å². The molecule has 2 fully saturated rings. The van der Waals surface area contributed by atoms with E-state index in [-0.39, 0.29) is 24.2 Å². The zero-order chi connectivity index (χ0) is 21.5. The summed E-state index contributed by atoms with van der Waals surface area (Å²) in [4.78, 5) is 20.9. The SMILES string of the molecule is N[C@@H]1C[C@H](N)CN(c2nc(N3C[C@H](N)C[C@H](N)C3)nc(N3CCc4ccccc43)n2)C1. The zero-order valence-corrected chi connectivity index (χ0v) is 17.8. The molecular weight excluding hydrogens is 392 g/mol. The number of nitrogens with two attached hydrogens (primary N) is 4. The largest absolute Gasteiger partial charge is 0.338 e. The molecular formula is C21H32N10. The minimum Gasteiger partial charge on any atom is -0.338 e. The molecule has 166 valence electrons. The van der Waals surface area contributed by atoms with Crippen LogP contribution in [0.1, 0.15) is 18.4 Å². The van der Waals surface area contributed by atoms with Gasteiger partial charge in [0.15, 0.2) is 0 Å². The molecule has 3 aliphatic rings. The van der Waals surface area contributed by atoms with E-state index in [1.807, 2.05) is 6.07 Å². The Morgan fingerprint density at radius 2 is 1.16 bits per heavy atom. The molecule has 0 amide bonds. The summed E-state index contributed by atoms with van der Waals surface area (Å²) < 4.78 is 0. The van der Waals surface area contributed by atoms with Gasteiger partial charge in [-0.05, 0) is 30.9 Å². The van der Waals surface area contributed by atoms with Gasteiger partial charge in [-0.15, -0.1) is 0 Å². The molecule has 0 bridgehead atoms. The molecule has 5 rings (SSSR count). The molecule has 3 aliphatic heterocycles. The summed E-state index contributed by atoms with van der Waals surface area (Å²) in [5.74, 6) is 1.87. The number of nitrogens with zero attached hydrogens (tertiary/aromatic N) is 6. The van der Waals surface area contributed by atoms with Gasteiger partial charge in [-0.3, -0.25) is 0 Å². The normalized spacial score (nSPS) is 28.7. The van der Waals surface area contributed by atoms with Gasteiger partial charge in [0.05, 0.1) is 0 Å². The van der Waals surface area contributed by atoms with Gasteiger partial charge in [-0.1, -0.05) is 18.2 Å². The number of fused-ring (bicyclic) bond motifs is 1. The first-order valence-corrected chi connectivity index (χ1v) is 11.1. The fourth-order valence-corrected chi connectivity index (χ4v) is 4.98. The van der Waals surface area contributed by atoms with Crippen LogP contribution >= 0.6 is 0 Å². The molecule has 0 unspecified atom stereocenters. The molecule has 0 saturated carbocycles. The molecule has 4 atom stereocenters. The average Bonchev–Trinajstić information content (AvgIpc) is 3.16. The number of hydrogen-bond acceptors (Lipinski definition) is 10. The number of anilines is 4. The van der Waals surface area contributed by atoms with Gasteiger partial charge < -0.3 is 37.6 Å². The maximum absolute atomic E-state index is 6.25. The summed E-state index contributed by atoms with van der Waals surface area (Å²) in [6, 6.07) is 8.38. The van der Waals surface area contributed by atoms with Crippen LogP contribution in [-0.4, -0.2) is 71.8 Å². The summed E-state index contributed by atoms with van der Waals surface area (Å²) >= 11 is 0. The first-order valence-electron chi connectivity index (χ1n) is 11.1. The molecule has 10 heteroatoms. The molecule has 1 aromatic carbocycles. The Morgan fingerprint density at radius 1 is 0.677 bits per heavy atom. The number of benzene rings is 1. The van der Waals surface area contributed by atoms with E-state index in [1.54, 1.807) is 0 Å². The average molecular weight is 425 g/mol. The summed E-state index contributed by atoms with van der Waals surface area (Å²) in [5.41, 5.74) is 27.4. The lowest BCUT2D eigenvalue weighted by molar-refractivity contribution is 0.441. The summed E-state index contributed by atoms with van der Waals surface area (Å²) in [5, 5.41) is 0. The van der Waals surface area contributed by atoms with Crippen molar-refractivity contribution in [3.05, 3.63) is 29.8 Å². The summed E-state index contributed by atoms with van der Waals surface area (Å²) in [6.07, 6.45) is 2.57. The van der Waals surface area contributed by atoms with Crippen molar-refractivity contribution in [1.29, 1.82) is 0 Å². The second-order valence-electron chi connectivity index (χ2n) is 9.09. The van der Waals surface area contributed by atoms with Crippen LogP contribution in [0, 0.1) is 0 Å². The van der Waals surface area contributed by atoms with Crippen molar-refractivity contribution < 1.29 is 0 Å². The molecule has 8 N–H and O–H groups in total. The smallest absolute Gasteiger partial charge is 0.236 e. The molecule has 0 aliphatic carbocycles. The highest BCUT2D eigenvalue weighted by Crippen LogP contribution is 2.34. The van der Waals surface area contributed by atoms with E-state index in [0.717, 1.165) is 31.5 Å². The Bertz CT molecular complexity index is 872. The van der Waals surface area contributed by atoms with E-state index in [9.17, 15) is 0 Å². The van der Waals surface area contributed by atoms with E-state index >= 15 is 0 Å². The number of aromatic nitrogens is 3. The number of rotatable bonds is 3. The van der Waals surface area contributed by atoms with Crippen molar-refractivity contribution in [2.75, 3.05) is 47.4 Å². The minimum absolute atomic E-state index is 0.00300. The van der Waals surface area contributed by atoms with Gasteiger partial charge in [0.2, 0.25) is 17.8 Å². The Kier molecular flexibility index (Phi) is 5.39. The van der Waals surface area contributed by atoms with Gasteiger partial charge in [0.1, 0.15) is 0 Å². The van der Waals surface area contributed by atoms with Gasteiger partial charge in [0, 0.05) is 62.6 Å². The van der Waals surface area contributed by atoms with E-state index in [2.05, 4.69) is 32.9 Å². The number of piperidine rings is 2. The lowest BCUT2D eigenvalue weighted by atomic mass is 10.0. The highest BCUT2D eigenvalue weighted by Gasteiger charge is 2.30. The van der Waals surface area contributed by atoms with Crippen molar-refractivity contribution in [2.45, 2.75) is 43.4 Å². The second kappa shape index (κ2) is 8.19. The molecule has 2 saturated heterocycles. The summed E-state index contributed by atoms with van der Waals surface area (Å²) in [6.45, 7) is 3.52. The molecule has 2 aromatic rings. The Balaban J connectivity index is 1.54. The molecule has 0 radical (unpaired) electrons. The first kappa shape index (κ1) is 20.4. The quantitative estimate of drug-likeness (QED) is 0.497. The van der Waals surface area contributed by atoms with Crippen LogP contribution in [-0.2, 0) is 6.42 Å². The maximum Gasteiger partial charge on any atom is 0.236 e. The third-order valence-corrected chi connectivity index (χ3v) is 6.32. The van der Waals surface area contributed by atoms with Crippen molar-refractivity contribution in [3.63, 3.8) is 0 Å². The van der Waals surface area contributed by atoms with Gasteiger partial charge >= 0.3 is 0 Å². The first-order chi connectivity index (χ1) is 15.0. The fraction of sp³-hybridized carbons (Fsp3) is 0.571. The molecule has 1 aromatic heterocycles. The Hall–Kier alpha value is -2.53. The molecule has 31 heavy (non-hydrogen) atoms. The van der Waals surface area contributed by atoms with Crippen molar-refractivity contribution in [3.8, 4) is 0 Å². The van der Waals surface area contributed by atoms with Crippen molar-refractivity contribution in [1.82, 2.24) is 15.0 Å². The summed E-state index contributed by atoms with van der Waals surface area (Å²) in [7, 11) is 0. The third kappa shape index (κ3) is 4.16. The van der Waals surface area contributed by atoms with Crippen LogP contribution in [0.3, 0.4) is 0 Å². The number of hydrogen-bond donors (Lipinski definition) is 4. The van der Waals surface area contributed by atoms with Crippen molar-refractivity contribution >= 4 is 23.5 Å². The predicted octanol–water partition coefficient (Wildman–Crippen LogP) is -0.705. The van der Waals surface area contributed by atoms with Crippen LogP contribution in [0.2, 0.25) is 0 Å². The Labute approximate surface area is 182 Å². The third-order valence-electron chi connectivity index (χ3n) is 6.32. The highest BCUT2D eigenvalue weighted by atomic mass is 15.4. The van der Waals surface area contributed by atoms with E-state index in [1.165, 1.54) is 5.56 Å². The lowest BCUT2D eigenvalue weighted by Crippen LogP contribution is -2.54. The van der Waals surface area contributed by atoms with E-state index in [0.29, 0.717) is 44.0 Å². The van der Waals surface area contributed by atoms with Crippen LogP contribution in [0.5, 0.6) is 0 Å². The molecule has 10 nitrogen and oxygen atoms in total. The van der Waals surface area contributed by atoms with Crippen LogP contribution in [0.4, 0.5) is 23.5 Å². The van der Waals surface area contributed by atoms with E-state index in [4.69, 9.17) is 37.9 Å². The minimum atomic E-state index is -0.00300.